The second-order valence-corrected chi connectivity index (χ2v) is 6.74. The van der Waals surface area contributed by atoms with Gasteiger partial charge in [0.25, 0.3) is 0 Å². The van der Waals surface area contributed by atoms with E-state index in [2.05, 4.69) is 0 Å². The summed E-state index contributed by atoms with van der Waals surface area (Å²) in [4.78, 5) is 0. The predicted molar refractivity (Wildman–Crippen MR) is 72.8 cm³/mol. The van der Waals surface area contributed by atoms with Crippen LogP contribution in [0.15, 0.2) is 0 Å². The highest BCUT2D eigenvalue weighted by Crippen LogP contribution is 2.61. The van der Waals surface area contributed by atoms with E-state index < -0.39 is 48.1 Å². The summed E-state index contributed by atoms with van der Waals surface area (Å²) in [5, 5.41) is -4.52. The average molecular weight is 432 g/mol. The van der Waals surface area contributed by atoms with Crippen molar-refractivity contribution in [2.75, 3.05) is 0 Å². The number of rotatable bonds is 10. The summed E-state index contributed by atoms with van der Waals surface area (Å²) in [6.45, 7) is 1.76. The van der Waals surface area contributed by atoms with E-state index in [-0.39, 0.29) is 6.42 Å². The minimum absolute atomic E-state index is 0.0463. The van der Waals surface area contributed by atoms with Crippen molar-refractivity contribution < 1.29 is 52.7 Å². The Balaban J connectivity index is 5.64. The number of unbranched alkanes of at least 4 members (excludes halogenated alkanes) is 4. The summed E-state index contributed by atoms with van der Waals surface area (Å²) in [5.74, 6) is -28.9. The van der Waals surface area contributed by atoms with E-state index in [4.69, 9.17) is 0 Å². The molecule has 0 bridgehead atoms. The van der Waals surface area contributed by atoms with Gasteiger partial charge in [0.05, 0.1) is 0 Å². The van der Waals surface area contributed by atoms with Crippen LogP contribution in [0.1, 0.15) is 45.4 Å². The lowest BCUT2D eigenvalue weighted by Crippen LogP contribution is -2.69. The molecule has 0 saturated carbocycles. The van der Waals surface area contributed by atoms with Gasteiger partial charge in [0.15, 0.2) is 5.41 Å². The Morgan fingerprint density at radius 3 is 1.31 bits per heavy atom. The first-order valence-corrected chi connectivity index (χ1v) is 7.94. The monoisotopic (exact) mass is 432 g/mol. The fourth-order valence-electron chi connectivity index (χ4n) is 1.98. The molecule has 0 aromatic rings. The van der Waals surface area contributed by atoms with Gasteiger partial charge in [0.1, 0.15) is 0 Å². The molecule has 2 unspecified atom stereocenters. The molecular weight excluding hydrogens is 415 g/mol. The highest BCUT2D eigenvalue weighted by Gasteiger charge is 2.89. The maximum atomic E-state index is 14.0. The van der Waals surface area contributed by atoms with Crippen molar-refractivity contribution >= 4 is 9.24 Å². The van der Waals surface area contributed by atoms with E-state index >= 15 is 0 Å². The summed E-state index contributed by atoms with van der Waals surface area (Å²) < 4.78 is 156. The van der Waals surface area contributed by atoms with Gasteiger partial charge in [-0.15, -0.1) is 0 Å². The zero-order chi connectivity index (χ0) is 21.2. The highest BCUT2D eigenvalue weighted by molar-refractivity contribution is 7.18. The van der Waals surface area contributed by atoms with E-state index in [0.29, 0.717) is 28.5 Å². The minimum Gasteiger partial charge on any atom is -0.233 e. The third-order valence-corrected chi connectivity index (χ3v) is 4.36. The maximum Gasteiger partial charge on any atom is 0.460 e. The Bertz CT molecular complexity index is 455. The standard InChI is InChI=1S/C13H17F12P/c1-2-3-4-5-6-7-8(14,26)9(15,16)10(17,18)11(19,20)12(21,22)13(23,24)25/h2-7,26H2,1H3. The first-order valence-electron chi connectivity index (χ1n) is 7.37. The molecule has 0 aromatic carbocycles. The molecule has 0 rings (SSSR count). The van der Waals surface area contributed by atoms with E-state index in [1.54, 1.807) is 6.92 Å². The van der Waals surface area contributed by atoms with Crippen LogP contribution in [-0.2, 0) is 0 Å². The Kier molecular flexibility index (Phi) is 7.79. The Morgan fingerprint density at radius 1 is 0.538 bits per heavy atom. The minimum atomic E-state index is -7.59. The van der Waals surface area contributed by atoms with Gasteiger partial charge in [0, 0.05) is 0 Å². The van der Waals surface area contributed by atoms with Gasteiger partial charge in [0.2, 0.25) is 0 Å². The molecule has 0 aliphatic carbocycles. The molecular formula is C13H17F12P. The van der Waals surface area contributed by atoms with E-state index in [0.717, 1.165) is 0 Å². The summed E-state index contributed by atoms with van der Waals surface area (Å²) in [6, 6.07) is 0. The number of hydrogen-bond acceptors (Lipinski definition) is 0. The third kappa shape index (κ3) is 4.35. The first kappa shape index (κ1) is 25.6. The van der Waals surface area contributed by atoms with Crippen LogP contribution in [0.5, 0.6) is 0 Å². The summed E-state index contributed by atoms with van der Waals surface area (Å²) in [6.07, 6.45) is -7.53. The van der Waals surface area contributed by atoms with E-state index in [9.17, 15) is 52.7 Å². The molecule has 0 aromatic heterocycles. The molecule has 0 aliphatic heterocycles. The number of alkyl halides is 12. The Morgan fingerprint density at radius 2 is 0.923 bits per heavy atom. The molecule has 0 nitrogen and oxygen atoms in total. The second-order valence-electron chi connectivity index (χ2n) is 5.82. The molecule has 0 heterocycles. The molecule has 0 N–H and O–H groups in total. The lowest BCUT2D eigenvalue weighted by atomic mass is 9.92. The fraction of sp³-hybridized carbons (Fsp3) is 1.00. The predicted octanol–water partition coefficient (Wildman–Crippen LogP) is 6.99. The van der Waals surface area contributed by atoms with Crippen molar-refractivity contribution in [3.8, 4) is 0 Å². The van der Waals surface area contributed by atoms with Gasteiger partial charge in [-0.25, -0.2) is 4.39 Å². The van der Waals surface area contributed by atoms with Crippen LogP contribution in [0.2, 0.25) is 0 Å². The van der Waals surface area contributed by atoms with E-state index in [1.165, 1.54) is 0 Å². The van der Waals surface area contributed by atoms with Crippen LogP contribution in [0.3, 0.4) is 0 Å². The molecule has 0 radical (unpaired) electrons. The largest absolute Gasteiger partial charge is 0.460 e. The molecule has 0 spiro atoms. The van der Waals surface area contributed by atoms with Crippen molar-refractivity contribution in [3.63, 3.8) is 0 Å². The van der Waals surface area contributed by atoms with Crippen LogP contribution >= 0.6 is 9.24 Å². The SMILES string of the molecule is CCCCCCCC(F)(P)C(F)(F)C(F)(F)C(F)(F)C(F)(F)C(F)(F)F. The van der Waals surface area contributed by atoms with Crippen LogP contribution in [-0.4, -0.2) is 35.3 Å². The van der Waals surface area contributed by atoms with Crippen LogP contribution in [0, 0.1) is 0 Å². The quantitative estimate of drug-likeness (QED) is 0.198. The molecule has 0 aliphatic rings. The summed E-state index contributed by atoms with van der Waals surface area (Å²) >= 11 is 0. The first-order chi connectivity index (χ1) is 11.3. The molecule has 0 saturated heterocycles. The van der Waals surface area contributed by atoms with Crippen molar-refractivity contribution in [1.29, 1.82) is 0 Å². The smallest absolute Gasteiger partial charge is 0.233 e. The lowest BCUT2D eigenvalue weighted by molar-refractivity contribution is -0.428. The van der Waals surface area contributed by atoms with Crippen LogP contribution < -0.4 is 0 Å². The van der Waals surface area contributed by atoms with Gasteiger partial charge in [-0.2, -0.15) is 48.3 Å². The molecule has 26 heavy (non-hydrogen) atoms. The van der Waals surface area contributed by atoms with Crippen molar-refractivity contribution in [2.24, 2.45) is 0 Å². The third-order valence-electron chi connectivity index (χ3n) is 3.71. The lowest BCUT2D eigenvalue weighted by Gasteiger charge is -2.41. The Hall–Kier alpha value is -0.410. The molecule has 0 amide bonds. The zero-order valence-corrected chi connectivity index (χ0v) is 14.5. The summed E-state index contributed by atoms with van der Waals surface area (Å²) in [7, 11) is 0.520. The molecule has 158 valence electrons. The van der Waals surface area contributed by atoms with Gasteiger partial charge in [-0.1, -0.05) is 41.8 Å². The normalized spacial score (nSPS) is 17.3. The number of hydrogen-bond donors (Lipinski definition) is 0. The van der Waals surface area contributed by atoms with Crippen molar-refractivity contribution in [3.05, 3.63) is 0 Å². The van der Waals surface area contributed by atoms with Crippen LogP contribution in [0.4, 0.5) is 52.7 Å². The molecule has 13 heteroatoms. The fourth-order valence-corrected chi connectivity index (χ4v) is 2.36. The van der Waals surface area contributed by atoms with Crippen molar-refractivity contribution in [2.45, 2.75) is 80.7 Å². The maximum absolute atomic E-state index is 14.0. The topological polar surface area (TPSA) is 0 Å². The highest BCUT2D eigenvalue weighted by atomic mass is 31.0. The number of halogens is 12. The van der Waals surface area contributed by atoms with Gasteiger partial charge < -0.3 is 0 Å². The molecule has 0 fully saturated rings. The Labute approximate surface area is 143 Å². The van der Waals surface area contributed by atoms with Crippen LogP contribution in [0.25, 0.3) is 0 Å². The zero-order valence-electron chi connectivity index (χ0n) is 13.4. The van der Waals surface area contributed by atoms with Crippen molar-refractivity contribution in [1.82, 2.24) is 0 Å². The van der Waals surface area contributed by atoms with Gasteiger partial charge >= 0.3 is 29.9 Å². The average Bonchev–Trinajstić information content (AvgIpc) is 2.44. The summed E-state index contributed by atoms with van der Waals surface area (Å²) in [5.41, 5.74) is 0. The van der Waals surface area contributed by atoms with E-state index in [1.807, 2.05) is 0 Å². The second kappa shape index (κ2) is 7.91. The van der Waals surface area contributed by atoms with Gasteiger partial charge in [-0.3, -0.25) is 0 Å². The van der Waals surface area contributed by atoms with Gasteiger partial charge in [-0.05, 0) is 12.8 Å². The molecule has 2 atom stereocenters.